The van der Waals surface area contributed by atoms with Crippen LogP contribution >= 0.6 is 0 Å². The van der Waals surface area contributed by atoms with Crippen molar-refractivity contribution in [2.75, 3.05) is 18.9 Å². The minimum Gasteiger partial charge on any atom is -0.399 e. The third-order valence-electron chi connectivity index (χ3n) is 3.93. The van der Waals surface area contributed by atoms with Gasteiger partial charge in [-0.1, -0.05) is 0 Å². The van der Waals surface area contributed by atoms with Crippen LogP contribution < -0.4 is 5.73 Å². The fourth-order valence-corrected chi connectivity index (χ4v) is 2.86. The maximum Gasteiger partial charge on any atom is 0.261 e. The van der Waals surface area contributed by atoms with E-state index in [1.54, 1.807) is 18.2 Å². The average molecular weight is 274 g/mol. The van der Waals surface area contributed by atoms with Crippen LogP contribution in [0.25, 0.3) is 0 Å². The lowest BCUT2D eigenvalue weighted by atomic mass is 10.1. The summed E-state index contributed by atoms with van der Waals surface area (Å²) in [6, 6.07) is 4.86. The summed E-state index contributed by atoms with van der Waals surface area (Å²) in [7, 11) is 0. The van der Waals surface area contributed by atoms with Crippen molar-refractivity contribution >= 4 is 17.5 Å². The summed E-state index contributed by atoms with van der Waals surface area (Å²) in [5, 5.41) is 0. The van der Waals surface area contributed by atoms with Crippen molar-refractivity contribution in [2.24, 2.45) is 0 Å². The van der Waals surface area contributed by atoms with Gasteiger partial charge in [-0.3, -0.25) is 14.5 Å². The van der Waals surface area contributed by atoms with Crippen LogP contribution in [0.15, 0.2) is 18.2 Å². The van der Waals surface area contributed by atoms with Crippen molar-refractivity contribution in [3.8, 4) is 0 Å². The third-order valence-corrected chi connectivity index (χ3v) is 3.93. The molecule has 106 valence electrons. The van der Waals surface area contributed by atoms with Crippen molar-refractivity contribution in [1.29, 1.82) is 0 Å². The molecular formula is C15H18N2O3. The van der Waals surface area contributed by atoms with Gasteiger partial charge < -0.3 is 10.5 Å². The summed E-state index contributed by atoms with van der Waals surface area (Å²) >= 11 is 0. The average Bonchev–Trinajstić information content (AvgIpc) is 3.02. The Morgan fingerprint density at radius 1 is 1.25 bits per heavy atom. The number of hydrogen-bond acceptors (Lipinski definition) is 4. The fourth-order valence-electron chi connectivity index (χ4n) is 2.86. The van der Waals surface area contributed by atoms with Crippen LogP contribution in [0.1, 0.15) is 46.4 Å². The fraction of sp³-hybridized carbons (Fsp3) is 0.467. The van der Waals surface area contributed by atoms with Crippen molar-refractivity contribution in [3.05, 3.63) is 29.3 Å². The number of nitrogens with zero attached hydrogens (tertiary/aromatic N) is 1. The van der Waals surface area contributed by atoms with Gasteiger partial charge in [-0.25, -0.2) is 0 Å². The van der Waals surface area contributed by atoms with Crippen molar-refractivity contribution < 1.29 is 14.3 Å². The van der Waals surface area contributed by atoms with Crippen LogP contribution in [0, 0.1) is 0 Å². The van der Waals surface area contributed by atoms with Crippen molar-refractivity contribution in [1.82, 2.24) is 4.90 Å². The molecule has 2 aliphatic rings. The number of carbonyl (C=O) groups is 2. The number of anilines is 1. The van der Waals surface area contributed by atoms with E-state index in [0.29, 0.717) is 29.5 Å². The topological polar surface area (TPSA) is 72.6 Å². The number of fused-ring (bicyclic) bond motifs is 1. The second kappa shape index (κ2) is 5.25. The van der Waals surface area contributed by atoms with Crippen LogP contribution in [0.4, 0.5) is 5.69 Å². The summed E-state index contributed by atoms with van der Waals surface area (Å²) in [4.78, 5) is 25.7. The molecule has 1 aromatic carbocycles. The molecule has 0 bridgehead atoms. The molecule has 3 rings (SSSR count). The van der Waals surface area contributed by atoms with E-state index in [2.05, 4.69) is 0 Å². The predicted molar refractivity (Wildman–Crippen MR) is 74.4 cm³/mol. The quantitative estimate of drug-likeness (QED) is 0.671. The first-order chi connectivity index (χ1) is 9.66. The number of amides is 2. The monoisotopic (exact) mass is 274 g/mol. The highest BCUT2D eigenvalue weighted by molar-refractivity contribution is 6.21. The Bertz CT molecular complexity index is 550. The highest BCUT2D eigenvalue weighted by atomic mass is 16.5. The van der Waals surface area contributed by atoms with Gasteiger partial charge in [0.05, 0.1) is 17.2 Å². The molecule has 5 heteroatoms. The van der Waals surface area contributed by atoms with Gasteiger partial charge in [0.15, 0.2) is 0 Å². The molecule has 2 amide bonds. The number of rotatable bonds is 4. The van der Waals surface area contributed by atoms with E-state index in [1.807, 2.05) is 0 Å². The van der Waals surface area contributed by atoms with Gasteiger partial charge in [-0.2, -0.15) is 0 Å². The van der Waals surface area contributed by atoms with Gasteiger partial charge in [0.2, 0.25) is 0 Å². The number of nitrogen functional groups attached to an aromatic ring is 1. The van der Waals surface area contributed by atoms with Gasteiger partial charge in [-0.05, 0) is 43.9 Å². The molecule has 1 atom stereocenters. The Balaban J connectivity index is 1.64. The smallest absolute Gasteiger partial charge is 0.261 e. The lowest BCUT2D eigenvalue weighted by Gasteiger charge is -2.15. The van der Waals surface area contributed by atoms with Crippen LogP contribution in [0.3, 0.4) is 0 Å². The van der Waals surface area contributed by atoms with Crippen LogP contribution in [0.2, 0.25) is 0 Å². The number of benzene rings is 1. The second-order valence-corrected chi connectivity index (χ2v) is 5.34. The summed E-state index contributed by atoms with van der Waals surface area (Å²) < 4.78 is 5.54. The van der Waals surface area contributed by atoms with Crippen LogP contribution in [-0.2, 0) is 4.74 Å². The minimum absolute atomic E-state index is 0.211. The normalized spacial score (nSPS) is 21.6. The first-order valence-corrected chi connectivity index (χ1v) is 7.04. The van der Waals surface area contributed by atoms with E-state index in [9.17, 15) is 9.59 Å². The largest absolute Gasteiger partial charge is 0.399 e. The SMILES string of the molecule is Nc1ccc2c(c1)C(=O)N(CCCC1CCCO1)C2=O. The Morgan fingerprint density at radius 2 is 2.05 bits per heavy atom. The second-order valence-electron chi connectivity index (χ2n) is 5.34. The van der Waals surface area contributed by atoms with Crippen LogP contribution in [-0.4, -0.2) is 36.0 Å². The Kier molecular flexibility index (Phi) is 3.44. The first kappa shape index (κ1) is 13.1. The molecule has 0 saturated carbocycles. The number of nitrogens with two attached hydrogens (primary N) is 1. The number of ether oxygens (including phenoxy) is 1. The number of carbonyl (C=O) groups excluding carboxylic acids is 2. The van der Waals surface area contributed by atoms with E-state index >= 15 is 0 Å². The van der Waals surface area contributed by atoms with Gasteiger partial charge in [0.25, 0.3) is 11.8 Å². The molecule has 1 saturated heterocycles. The zero-order valence-corrected chi connectivity index (χ0v) is 11.3. The lowest BCUT2D eigenvalue weighted by Crippen LogP contribution is -2.31. The zero-order chi connectivity index (χ0) is 14.1. The van der Waals surface area contributed by atoms with E-state index in [1.165, 1.54) is 4.90 Å². The highest BCUT2D eigenvalue weighted by Crippen LogP contribution is 2.25. The summed E-state index contributed by atoms with van der Waals surface area (Å²) in [6.07, 6.45) is 4.16. The molecule has 1 aromatic rings. The molecule has 2 heterocycles. The Labute approximate surface area is 117 Å². The maximum absolute atomic E-state index is 12.2. The third kappa shape index (κ3) is 2.29. The molecule has 5 nitrogen and oxygen atoms in total. The minimum atomic E-state index is -0.232. The summed E-state index contributed by atoms with van der Waals surface area (Å²) in [6.45, 7) is 1.28. The van der Waals surface area contributed by atoms with Crippen LogP contribution in [0.5, 0.6) is 0 Å². The first-order valence-electron chi connectivity index (χ1n) is 7.04. The lowest BCUT2D eigenvalue weighted by molar-refractivity contribution is 0.0629. The Hall–Kier alpha value is -1.88. The molecule has 2 N–H and O–H groups in total. The van der Waals surface area contributed by atoms with Crippen molar-refractivity contribution in [2.45, 2.75) is 31.8 Å². The van der Waals surface area contributed by atoms with E-state index in [4.69, 9.17) is 10.5 Å². The number of imide groups is 1. The summed E-state index contributed by atoms with van der Waals surface area (Å²) in [5.41, 5.74) is 7.06. The van der Waals surface area contributed by atoms with Gasteiger partial charge >= 0.3 is 0 Å². The predicted octanol–water partition coefficient (Wildman–Crippen LogP) is 1.82. The molecule has 1 unspecified atom stereocenters. The maximum atomic E-state index is 12.2. The van der Waals surface area contributed by atoms with Gasteiger partial charge in [0, 0.05) is 18.8 Å². The highest BCUT2D eigenvalue weighted by Gasteiger charge is 2.35. The Morgan fingerprint density at radius 3 is 2.80 bits per heavy atom. The summed E-state index contributed by atoms with van der Waals surface area (Å²) in [5.74, 6) is -0.443. The van der Waals surface area contributed by atoms with E-state index < -0.39 is 0 Å². The molecule has 0 aromatic heterocycles. The molecule has 0 radical (unpaired) electrons. The molecular weight excluding hydrogens is 256 g/mol. The van der Waals surface area contributed by atoms with Gasteiger partial charge in [-0.15, -0.1) is 0 Å². The molecule has 2 aliphatic heterocycles. The standard InChI is InChI=1S/C15H18N2O3/c16-10-5-6-12-13(9-10)15(19)17(14(12)18)7-1-3-11-4-2-8-20-11/h5-6,9,11H,1-4,7-8,16H2. The molecule has 0 spiro atoms. The van der Waals surface area contributed by atoms with E-state index in [0.717, 1.165) is 32.3 Å². The van der Waals surface area contributed by atoms with Crippen molar-refractivity contribution in [3.63, 3.8) is 0 Å². The molecule has 0 aliphatic carbocycles. The van der Waals surface area contributed by atoms with Gasteiger partial charge in [0.1, 0.15) is 0 Å². The zero-order valence-electron chi connectivity index (χ0n) is 11.3. The van der Waals surface area contributed by atoms with E-state index in [-0.39, 0.29) is 11.8 Å². The molecule has 1 fully saturated rings. The molecule has 20 heavy (non-hydrogen) atoms. The number of hydrogen-bond donors (Lipinski definition) is 1.